The Morgan fingerprint density at radius 2 is 1.05 bits per heavy atom. The Bertz CT molecular complexity index is 1170. The molecule has 0 aliphatic carbocycles. The SMILES string of the molecule is CC/C=C\C/C=C\C/C=C\C/C=C\C/C=C\C/C=C\CCC(=O)NCCOP(=O)(O)OCC(O)COC(=O)CCCCCCC/C=C\CCCCCCCC. The Balaban J connectivity index is 3.75. The molecule has 2 unspecified atom stereocenters. The fraction of sp³-hybridized carbons (Fsp3) is 0.644. The van der Waals surface area contributed by atoms with E-state index in [0.29, 0.717) is 6.42 Å². The summed E-state index contributed by atoms with van der Waals surface area (Å²) in [7, 11) is -4.44. The molecule has 3 N–H and O–H groups in total. The summed E-state index contributed by atoms with van der Waals surface area (Å²) in [5.74, 6) is -0.618. The number of aliphatic hydroxyl groups excluding tert-OH is 1. The number of rotatable bonds is 38. The summed E-state index contributed by atoms with van der Waals surface area (Å²) in [5, 5.41) is 12.6. The zero-order valence-corrected chi connectivity index (χ0v) is 35.2. The molecule has 0 saturated heterocycles. The second-order valence-corrected chi connectivity index (χ2v) is 15.0. The molecule has 55 heavy (non-hydrogen) atoms. The maximum atomic E-state index is 12.1. The number of allylic oxidation sites excluding steroid dienone is 14. The lowest BCUT2D eigenvalue weighted by molar-refractivity contribution is -0.147. The molecule has 10 heteroatoms. The molecule has 0 rings (SSSR count). The lowest BCUT2D eigenvalue weighted by Gasteiger charge is -2.15. The van der Waals surface area contributed by atoms with Crippen LogP contribution in [-0.4, -0.2) is 54.3 Å². The van der Waals surface area contributed by atoms with Gasteiger partial charge in [0.1, 0.15) is 12.7 Å². The van der Waals surface area contributed by atoms with Crippen molar-refractivity contribution in [3.63, 3.8) is 0 Å². The van der Waals surface area contributed by atoms with Crippen molar-refractivity contribution in [2.75, 3.05) is 26.4 Å². The molecule has 0 fully saturated rings. The van der Waals surface area contributed by atoms with Gasteiger partial charge in [-0.2, -0.15) is 0 Å². The van der Waals surface area contributed by atoms with Crippen molar-refractivity contribution in [2.45, 2.75) is 161 Å². The number of phosphoric acid groups is 1. The van der Waals surface area contributed by atoms with Crippen molar-refractivity contribution in [3.8, 4) is 0 Å². The normalized spacial score (nSPS) is 14.2. The third-order valence-electron chi connectivity index (χ3n) is 8.32. The van der Waals surface area contributed by atoms with Crippen molar-refractivity contribution in [2.24, 2.45) is 0 Å². The largest absolute Gasteiger partial charge is 0.472 e. The Morgan fingerprint density at radius 3 is 1.60 bits per heavy atom. The van der Waals surface area contributed by atoms with Crippen LogP contribution in [0.3, 0.4) is 0 Å². The summed E-state index contributed by atoms with van der Waals surface area (Å²) in [6.45, 7) is 3.31. The van der Waals surface area contributed by atoms with Gasteiger partial charge >= 0.3 is 13.8 Å². The number of nitrogens with one attached hydrogen (secondary N) is 1. The summed E-state index contributed by atoms with van der Waals surface area (Å²) in [5.41, 5.74) is 0. The van der Waals surface area contributed by atoms with Gasteiger partial charge in [-0.05, 0) is 77.0 Å². The van der Waals surface area contributed by atoms with E-state index in [1.54, 1.807) is 0 Å². The number of amides is 1. The molecule has 0 bridgehead atoms. The molecule has 9 nitrogen and oxygen atoms in total. The van der Waals surface area contributed by atoms with Gasteiger partial charge in [0.15, 0.2) is 0 Å². The molecule has 0 aromatic heterocycles. The molecule has 314 valence electrons. The molecule has 2 atom stereocenters. The predicted molar refractivity (Wildman–Crippen MR) is 229 cm³/mol. The quantitative estimate of drug-likeness (QED) is 0.0244. The highest BCUT2D eigenvalue weighted by molar-refractivity contribution is 7.47. The van der Waals surface area contributed by atoms with Crippen LogP contribution < -0.4 is 5.32 Å². The molecular weight excluding hydrogens is 713 g/mol. The Labute approximate surface area is 334 Å². The number of unbranched alkanes of at least 4 members (excludes halogenated alkanes) is 11. The van der Waals surface area contributed by atoms with Crippen LogP contribution in [0.2, 0.25) is 0 Å². The summed E-state index contributed by atoms with van der Waals surface area (Å²) >= 11 is 0. The van der Waals surface area contributed by atoms with Crippen LogP contribution in [-0.2, 0) is 27.9 Å². The molecule has 0 aromatic carbocycles. The van der Waals surface area contributed by atoms with E-state index in [4.69, 9.17) is 13.8 Å². The minimum Gasteiger partial charge on any atom is -0.463 e. The van der Waals surface area contributed by atoms with Crippen molar-refractivity contribution in [1.82, 2.24) is 5.32 Å². The highest BCUT2D eigenvalue weighted by Crippen LogP contribution is 2.42. The lowest BCUT2D eigenvalue weighted by Crippen LogP contribution is -2.27. The van der Waals surface area contributed by atoms with Crippen molar-refractivity contribution in [3.05, 3.63) is 85.1 Å². The van der Waals surface area contributed by atoms with Gasteiger partial charge in [-0.25, -0.2) is 4.57 Å². The van der Waals surface area contributed by atoms with Crippen LogP contribution in [0.1, 0.15) is 155 Å². The van der Waals surface area contributed by atoms with E-state index in [2.05, 4.69) is 92.1 Å². The summed E-state index contributed by atoms with van der Waals surface area (Å²) in [6, 6.07) is 0. The molecule has 0 saturated carbocycles. The number of aliphatic hydroxyl groups is 1. The van der Waals surface area contributed by atoms with Crippen LogP contribution >= 0.6 is 7.82 Å². The van der Waals surface area contributed by atoms with Crippen LogP contribution in [0.5, 0.6) is 0 Å². The fourth-order valence-corrected chi connectivity index (χ4v) is 5.92. The molecule has 0 radical (unpaired) electrons. The second kappa shape index (κ2) is 40.8. The number of carbonyl (C=O) groups is 2. The van der Waals surface area contributed by atoms with Gasteiger partial charge in [-0.1, -0.05) is 150 Å². The first-order chi connectivity index (χ1) is 26.8. The van der Waals surface area contributed by atoms with Crippen molar-refractivity contribution >= 4 is 19.7 Å². The monoisotopic (exact) mass is 790 g/mol. The molecule has 0 spiro atoms. The molecule has 0 aromatic rings. The predicted octanol–water partition coefficient (Wildman–Crippen LogP) is 11.7. The number of phosphoric ester groups is 1. The van der Waals surface area contributed by atoms with Gasteiger partial charge in [-0.15, -0.1) is 0 Å². The van der Waals surface area contributed by atoms with Crippen molar-refractivity contribution < 1.29 is 37.9 Å². The molecular formula is C45H76NO8P. The van der Waals surface area contributed by atoms with Crippen LogP contribution in [0.4, 0.5) is 0 Å². The van der Waals surface area contributed by atoms with E-state index in [-0.39, 0.29) is 38.5 Å². The summed E-state index contributed by atoms with van der Waals surface area (Å²) in [4.78, 5) is 33.8. The van der Waals surface area contributed by atoms with Gasteiger partial charge in [0.25, 0.3) is 0 Å². The van der Waals surface area contributed by atoms with E-state index in [0.717, 1.165) is 77.0 Å². The Hall–Kier alpha value is -2.81. The molecule has 0 heterocycles. The van der Waals surface area contributed by atoms with Gasteiger partial charge in [0, 0.05) is 19.4 Å². The molecule has 1 amide bonds. The highest BCUT2D eigenvalue weighted by Gasteiger charge is 2.23. The number of esters is 1. The first-order valence-corrected chi connectivity index (χ1v) is 22.6. The zero-order chi connectivity index (χ0) is 40.3. The Morgan fingerprint density at radius 1 is 0.582 bits per heavy atom. The van der Waals surface area contributed by atoms with Crippen LogP contribution in [0.25, 0.3) is 0 Å². The maximum absolute atomic E-state index is 12.1. The third kappa shape index (κ3) is 42.2. The van der Waals surface area contributed by atoms with Crippen LogP contribution in [0, 0.1) is 0 Å². The minimum absolute atomic E-state index is 0.0347. The smallest absolute Gasteiger partial charge is 0.463 e. The van der Waals surface area contributed by atoms with Crippen LogP contribution in [0.15, 0.2) is 85.1 Å². The molecule has 0 aliphatic rings. The third-order valence-corrected chi connectivity index (χ3v) is 9.31. The number of hydrogen-bond acceptors (Lipinski definition) is 7. The fourth-order valence-electron chi connectivity index (χ4n) is 5.16. The van der Waals surface area contributed by atoms with E-state index in [1.165, 1.54) is 44.9 Å². The average Bonchev–Trinajstić information content (AvgIpc) is 3.17. The lowest BCUT2D eigenvalue weighted by atomic mass is 10.1. The second-order valence-electron chi connectivity index (χ2n) is 13.6. The molecule has 0 aliphatic heterocycles. The number of ether oxygens (including phenoxy) is 1. The standard InChI is InChI=1S/C45H76NO8P/c1-3-5-7-9-11-13-15-17-19-20-21-22-24-25-27-29-31-33-35-37-44(48)46-39-40-53-55(50,51)54-42-43(47)41-52-45(49)38-36-34-32-30-28-26-23-18-16-14-12-10-8-6-4-2/h5,7,11,13,17-19,21-23,25,27,31,33,43,47H,3-4,6,8-10,12,14-16,20,24,26,28-30,32,34-42H2,1-2H3,(H,46,48)(H,50,51)/b7-5-,13-11-,19-17-,22-21-,23-18-,27-25-,33-31-. The number of hydrogen-bond donors (Lipinski definition) is 3. The van der Waals surface area contributed by atoms with E-state index >= 15 is 0 Å². The first-order valence-electron chi connectivity index (χ1n) is 21.1. The maximum Gasteiger partial charge on any atom is 0.472 e. The van der Waals surface area contributed by atoms with Gasteiger partial charge in [0.2, 0.25) is 5.91 Å². The number of carbonyl (C=O) groups excluding carboxylic acids is 2. The highest BCUT2D eigenvalue weighted by atomic mass is 31.2. The minimum atomic E-state index is -4.44. The Kier molecular flexibility index (Phi) is 38.8. The first kappa shape index (κ1) is 52.2. The van der Waals surface area contributed by atoms with E-state index < -0.39 is 26.5 Å². The van der Waals surface area contributed by atoms with E-state index in [1.807, 2.05) is 12.2 Å². The average molecular weight is 790 g/mol. The van der Waals surface area contributed by atoms with Crippen molar-refractivity contribution in [1.29, 1.82) is 0 Å². The summed E-state index contributed by atoms with van der Waals surface area (Å²) in [6.07, 6.45) is 51.0. The van der Waals surface area contributed by atoms with E-state index in [9.17, 15) is 24.2 Å². The van der Waals surface area contributed by atoms with Gasteiger partial charge in [0.05, 0.1) is 13.2 Å². The van der Waals surface area contributed by atoms with Gasteiger partial charge < -0.3 is 20.1 Å². The van der Waals surface area contributed by atoms with Gasteiger partial charge in [-0.3, -0.25) is 18.6 Å². The summed E-state index contributed by atoms with van der Waals surface area (Å²) < 4.78 is 26.8. The zero-order valence-electron chi connectivity index (χ0n) is 34.3. The topological polar surface area (TPSA) is 131 Å².